The molecule has 2 aromatic carbocycles. The topological polar surface area (TPSA) is 85.2 Å². The monoisotopic (exact) mass is 390 g/mol. The van der Waals surface area contributed by atoms with E-state index in [4.69, 9.17) is 4.74 Å². The number of anilines is 2. The van der Waals surface area contributed by atoms with E-state index < -0.39 is 0 Å². The maximum absolute atomic E-state index is 12.6. The number of hydrogen-bond donors (Lipinski definition) is 2. The zero-order valence-corrected chi connectivity index (χ0v) is 16.3. The van der Waals surface area contributed by atoms with Crippen molar-refractivity contribution in [3.8, 4) is 17.0 Å². The van der Waals surface area contributed by atoms with Crippen LogP contribution in [0.3, 0.4) is 0 Å². The first-order valence-electron chi connectivity index (χ1n) is 9.43. The lowest BCUT2D eigenvalue weighted by atomic mass is 10.1. The summed E-state index contributed by atoms with van der Waals surface area (Å²) in [4.78, 5) is 28.7. The van der Waals surface area contributed by atoms with E-state index in [1.165, 1.54) is 0 Å². The first-order chi connectivity index (χ1) is 14.0. The molecule has 1 aromatic heterocycles. The van der Waals surface area contributed by atoms with Crippen LogP contribution in [0.2, 0.25) is 0 Å². The Kier molecular flexibility index (Phi) is 5.03. The van der Waals surface area contributed by atoms with Gasteiger partial charge >= 0.3 is 0 Å². The summed E-state index contributed by atoms with van der Waals surface area (Å²) in [6.07, 6.45) is 3.62. The minimum atomic E-state index is -0.264. The van der Waals surface area contributed by atoms with Crippen molar-refractivity contribution in [1.82, 2.24) is 9.55 Å². The molecule has 148 valence electrons. The van der Waals surface area contributed by atoms with Gasteiger partial charge in [-0.1, -0.05) is 0 Å². The molecule has 1 fully saturated rings. The highest BCUT2D eigenvalue weighted by atomic mass is 16.5. The third-order valence-corrected chi connectivity index (χ3v) is 4.96. The molecular formula is C22H22N4O3. The lowest BCUT2D eigenvalue weighted by molar-refractivity contribution is -0.117. The van der Waals surface area contributed by atoms with Crippen molar-refractivity contribution in [2.45, 2.75) is 12.8 Å². The summed E-state index contributed by atoms with van der Waals surface area (Å²) in [5.74, 6) is 1.15. The van der Waals surface area contributed by atoms with Gasteiger partial charge in [0, 0.05) is 29.8 Å². The van der Waals surface area contributed by atoms with E-state index in [9.17, 15) is 9.59 Å². The first kappa shape index (κ1) is 18.7. The van der Waals surface area contributed by atoms with Crippen molar-refractivity contribution in [2.24, 2.45) is 13.0 Å². The molecule has 1 heterocycles. The minimum absolute atomic E-state index is 0.0428. The highest BCUT2D eigenvalue weighted by Crippen LogP contribution is 2.30. The molecule has 0 unspecified atom stereocenters. The molecule has 7 heteroatoms. The fraction of sp³-hybridized carbons (Fsp3) is 0.227. The van der Waals surface area contributed by atoms with Crippen LogP contribution in [0.1, 0.15) is 23.2 Å². The molecule has 2 amide bonds. The van der Waals surface area contributed by atoms with Gasteiger partial charge in [0.2, 0.25) is 11.9 Å². The van der Waals surface area contributed by atoms with Gasteiger partial charge in [-0.2, -0.15) is 0 Å². The summed E-state index contributed by atoms with van der Waals surface area (Å²) in [5, 5.41) is 5.69. The molecule has 0 aliphatic heterocycles. The number of methoxy groups -OCH3 is 1. The van der Waals surface area contributed by atoms with Crippen molar-refractivity contribution < 1.29 is 14.3 Å². The van der Waals surface area contributed by atoms with Gasteiger partial charge in [0.25, 0.3) is 5.91 Å². The quantitative estimate of drug-likeness (QED) is 0.672. The van der Waals surface area contributed by atoms with Crippen LogP contribution in [-0.4, -0.2) is 28.5 Å². The number of ether oxygens (including phenoxy) is 1. The predicted molar refractivity (Wildman–Crippen MR) is 111 cm³/mol. The Labute approximate surface area is 168 Å². The Morgan fingerprint density at radius 2 is 1.72 bits per heavy atom. The SMILES string of the molecule is COc1ccc(-c2cnc(NC(=O)c3ccc(NC(=O)C4CC4)cc3)n2C)cc1. The average Bonchev–Trinajstić information content (AvgIpc) is 3.54. The summed E-state index contributed by atoms with van der Waals surface area (Å²) in [6, 6.07) is 14.5. The summed E-state index contributed by atoms with van der Waals surface area (Å²) in [6.45, 7) is 0. The van der Waals surface area contributed by atoms with Crippen molar-refractivity contribution in [1.29, 1.82) is 0 Å². The maximum atomic E-state index is 12.6. The van der Waals surface area contributed by atoms with Crippen LogP contribution in [0.15, 0.2) is 54.7 Å². The average molecular weight is 390 g/mol. The Morgan fingerprint density at radius 3 is 2.34 bits per heavy atom. The van der Waals surface area contributed by atoms with Gasteiger partial charge < -0.3 is 14.6 Å². The number of amides is 2. The van der Waals surface area contributed by atoms with Gasteiger partial charge in [-0.05, 0) is 61.4 Å². The number of aromatic nitrogens is 2. The van der Waals surface area contributed by atoms with Crippen LogP contribution in [0.4, 0.5) is 11.6 Å². The second kappa shape index (κ2) is 7.79. The number of carbonyl (C=O) groups excluding carboxylic acids is 2. The number of hydrogen-bond acceptors (Lipinski definition) is 4. The Balaban J connectivity index is 1.44. The van der Waals surface area contributed by atoms with Crippen molar-refractivity contribution in [3.63, 3.8) is 0 Å². The molecule has 0 bridgehead atoms. The molecule has 0 saturated heterocycles. The molecule has 3 aromatic rings. The lowest BCUT2D eigenvalue weighted by Crippen LogP contribution is -2.16. The molecule has 7 nitrogen and oxygen atoms in total. The van der Waals surface area contributed by atoms with Crippen molar-refractivity contribution in [2.75, 3.05) is 17.7 Å². The number of carbonyl (C=O) groups is 2. The normalized spacial score (nSPS) is 13.0. The number of nitrogens with one attached hydrogen (secondary N) is 2. The molecule has 0 radical (unpaired) electrons. The zero-order chi connectivity index (χ0) is 20.4. The second-order valence-corrected chi connectivity index (χ2v) is 7.05. The smallest absolute Gasteiger partial charge is 0.257 e. The molecule has 1 aliphatic carbocycles. The van der Waals surface area contributed by atoms with Crippen LogP contribution in [-0.2, 0) is 11.8 Å². The molecule has 29 heavy (non-hydrogen) atoms. The van der Waals surface area contributed by atoms with Gasteiger partial charge in [-0.25, -0.2) is 4.98 Å². The van der Waals surface area contributed by atoms with Gasteiger partial charge in [0.15, 0.2) is 0 Å². The van der Waals surface area contributed by atoms with E-state index in [2.05, 4.69) is 15.6 Å². The zero-order valence-electron chi connectivity index (χ0n) is 16.3. The van der Waals surface area contributed by atoms with Gasteiger partial charge in [0.05, 0.1) is 19.0 Å². The molecule has 1 aliphatic rings. The van der Waals surface area contributed by atoms with E-state index in [0.717, 1.165) is 29.8 Å². The highest BCUT2D eigenvalue weighted by molar-refractivity contribution is 6.04. The molecule has 1 saturated carbocycles. The summed E-state index contributed by atoms with van der Waals surface area (Å²) in [7, 11) is 3.47. The van der Waals surface area contributed by atoms with Crippen LogP contribution in [0.25, 0.3) is 11.3 Å². The molecule has 0 atom stereocenters. The third kappa shape index (κ3) is 4.13. The highest BCUT2D eigenvalue weighted by Gasteiger charge is 2.29. The molecule has 0 spiro atoms. The summed E-state index contributed by atoms with van der Waals surface area (Å²) >= 11 is 0. The van der Waals surface area contributed by atoms with E-state index in [1.807, 2.05) is 35.9 Å². The number of imidazole rings is 1. The second-order valence-electron chi connectivity index (χ2n) is 7.05. The Hall–Kier alpha value is -3.61. The fourth-order valence-corrected chi connectivity index (χ4v) is 3.02. The third-order valence-electron chi connectivity index (χ3n) is 4.96. The number of benzene rings is 2. The Bertz CT molecular complexity index is 1030. The van der Waals surface area contributed by atoms with E-state index in [1.54, 1.807) is 37.6 Å². The fourth-order valence-electron chi connectivity index (χ4n) is 3.02. The van der Waals surface area contributed by atoms with Crippen molar-refractivity contribution in [3.05, 3.63) is 60.3 Å². The van der Waals surface area contributed by atoms with Crippen LogP contribution in [0, 0.1) is 5.92 Å². The number of nitrogens with zero attached hydrogens (tertiary/aromatic N) is 2. The molecule has 2 N–H and O–H groups in total. The van der Waals surface area contributed by atoms with Crippen LogP contribution in [0.5, 0.6) is 5.75 Å². The van der Waals surface area contributed by atoms with Crippen LogP contribution >= 0.6 is 0 Å². The van der Waals surface area contributed by atoms with E-state index in [-0.39, 0.29) is 17.7 Å². The van der Waals surface area contributed by atoms with Crippen LogP contribution < -0.4 is 15.4 Å². The largest absolute Gasteiger partial charge is 0.497 e. The standard InChI is InChI=1S/C22H22N4O3/c1-26-19(14-7-11-18(29-2)12-8-14)13-23-22(26)25-21(28)16-5-9-17(10-6-16)24-20(27)15-3-4-15/h5-13,15H,3-4H2,1-2H3,(H,24,27)(H,23,25,28). The molecule has 4 rings (SSSR count). The Morgan fingerprint density at radius 1 is 1.03 bits per heavy atom. The molecular weight excluding hydrogens is 368 g/mol. The van der Waals surface area contributed by atoms with Crippen molar-refractivity contribution >= 4 is 23.5 Å². The van der Waals surface area contributed by atoms with Gasteiger partial charge in [0.1, 0.15) is 5.75 Å². The van der Waals surface area contributed by atoms with Gasteiger partial charge in [-0.3, -0.25) is 14.9 Å². The summed E-state index contributed by atoms with van der Waals surface area (Å²) in [5.41, 5.74) is 3.03. The minimum Gasteiger partial charge on any atom is -0.497 e. The predicted octanol–water partition coefficient (Wildman–Crippen LogP) is 3.70. The number of rotatable bonds is 6. The van der Waals surface area contributed by atoms with E-state index in [0.29, 0.717) is 17.2 Å². The maximum Gasteiger partial charge on any atom is 0.257 e. The first-order valence-corrected chi connectivity index (χ1v) is 9.43. The lowest BCUT2D eigenvalue weighted by Gasteiger charge is -2.09. The van der Waals surface area contributed by atoms with E-state index >= 15 is 0 Å². The van der Waals surface area contributed by atoms with Gasteiger partial charge in [-0.15, -0.1) is 0 Å². The summed E-state index contributed by atoms with van der Waals surface area (Å²) < 4.78 is 7.01.